The van der Waals surface area contributed by atoms with Crippen molar-refractivity contribution in [3.8, 4) is 0 Å². The maximum absolute atomic E-state index is 12.6. The molecule has 504 valence electrons. The van der Waals surface area contributed by atoms with Crippen LogP contribution < -0.4 is 31.0 Å². The van der Waals surface area contributed by atoms with Crippen molar-refractivity contribution >= 4 is 85.6 Å². The number of morpholine rings is 3. The normalized spacial score (nSPS) is 17.5. The minimum atomic E-state index is -5.34. The van der Waals surface area contributed by atoms with Crippen LogP contribution in [0, 0.1) is 0 Å². The Balaban J connectivity index is 0.000000143. The molecule has 0 spiro atoms. The smallest absolute Gasteiger partial charge is 0.399 e. The van der Waals surface area contributed by atoms with Gasteiger partial charge in [-0.15, -0.1) is 3.97 Å². The van der Waals surface area contributed by atoms with Crippen LogP contribution in [0.2, 0.25) is 0 Å². The number of hydrogen-bond donors (Lipinski definition) is 5. The van der Waals surface area contributed by atoms with E-state index in [1.54, 1.807) is 23.9 Å². The number of pyridine rings is 2. The Labute approximate surface area is 543 Å². The first kappa shape index (κ1) is 70.2. The number of alkyl halides is 3. The van der Waals surface area contributed by atoms with Gasteiger partial charge in [0.2, 0.25) is 0 Å². The summed E-state index contributed by atoms with van der Waals surface area (Å²) in [4.78, 5) is 16.8. The number of aromatic nitrogens is 8. The van der Waals surface area contributed by atoms with Gasteiger partial charge in [0, 0.05) is 80.5 Å². The first-order chi connectivity index (χ1) is 45.0. The number of nitrogen functional groups attached to an aromatic ring is 1. The zero-order valence-electron chi connectivity index (χ0n) is 51.3. The zero-order chi connectivity index (χ0) is 66.9. The Morgan fingerprint density at radius 1 is 0.606 bits per heavy atom. The quantitative estimate of drug-likeness (QED) is 0.0418. The number of aryl methyl sites for hydroxylation is 3. The second-order valence-corrected chi connectivity index (χ2v) is 28.3. The average molecular weight is 1380 g/mol. The summed E-state index contributed by atoms with van der Waals surface area (Å²) in [5, 5.41) is 12.2. The van der Waals surface area contributed by atoms with Crippen molar-refractivity contribution in [1.29, 1.82) is 0 Å². The Kier molecular flexibility index (Phi) is 23.8. The minimum absolute atomic E-state index is 0.269. The highest BCUT2D eigenvalue weighted by atomic mass is 32.2. The van der Waals surface area contributed by atoms with Crippen molar-refractivity contribution in [3.05, 3.63) is 188 Å². The summed E-state index contributed by atoms with van der Waals surface area (Å²) in [5.74, 6) is 1.75. The molecule has 0 amide bonds. The van der Waals surface area contributed by atoms with Crippen LogP contribution in [0.3, 0.4) is 0 Å². The molecule has 2 atom stereocenters. The van der Waals surface area contributed by atoms with Crippen LogP contribution in [0.15, 0.2) is 165 Å². The van der Waals surface area contributed by atoms with Crippen molar-refractivity contribution in [1.82, 2.24) is 45.8 Å². The molecule has 94 heavy (non-hydrogen) atoms. The van der Waals surface area contributed by atoms with Gasteiger partial charge in [0.1, 0.15) is 36.7 Å². The highest BCUT2D eigenvalue weighted by molar-refractivity contribution is 7.90. The molecule has 2 aliphatic carbocycles. The van der Waals surface area contributed by atoms with Crippen LogP contribution in [0.5, 0.6) is 0 Å². The number of hydrogen-bond acceptors (Lipinski definition) is 20. The van der Waals surface area contributed by atoms with Gasteiger partial charge in [-0.05, 0) is 109 Å². The van der Waals surface area contributed by atoms with Gasteiger partial charge in [-0.25, -0.2) is 28.5 Å². The first-order valence-electron chi connectivity index (χ1n) is 29.6. The SMILES string of the molecule is C1COCCN1.COS(=O)(=O)C(F)(F)F.C[n+]1ccn(S(=O)(=O)n2ccnc2)c1.Nc1ccc2nc(N[C@@H]3CCc4ccccc43)ccc2c1.O=S(=O)(N1CCOCC1)n1ccnc1.O=S(=O)(Nc1ccc2nc(N[C@@H]3CCc4ccccc43)ccc2c1)N1CCOCC1. The third kappa shape index (κ3) is 18.6. The molecule has 0 unspecified atom stereocenters. The largest absolute Gasteiger partial charge is 0.523 e. The van der Waals surface area contributed by atoms with E-state index < -0.39 is 46.3 Å². The molecular formula is C60H73F3N15O12S4+. The van der Waals surface area contributed by atoms with Gasteiger partial charge in [0.05, 0.1) is 82.6 Å². The van der Waals surface area contributed by atoms with Crippen LogP contribution in [0.1, 0.15) is 47.2 Å². The molecule has 0 saturated carbocycles. The van der Waals surface area contributed by atoms with Crippen LogP contribution >= 0.6 is 0 Å². The van der Waals surface area contributed by atoms with Gasteiger partial charge in [-0.3, -0.25) is 8.91 Å². The van der Waals surface area contributed by atoms with Crippen LogP contribution in [0.25, 0.3) is 21.8 Å². The van der Waals surface area contributed by atoms with E-state index in [1.165, 1.54) is 80.8 Å². The lowest BCUT2D eigenvalue weighted by Gasteiger charge is -2.26. The summed E-state index contributed by atoms with van der Waals surface area (Å²) in [5.41, 5.74) is 9.18. The number of fused-ring (bicyclic) bond motifs is 4. The molecule has 3 aliphatic heterocycles. The minimum Gasteiger partial charge on any atom is -0.399 e. The molecule has 4 aromatic carbocycles. The fourth-order valence-electron chi connectivity index (χ4n) is 10.2. The van der Waals surface area contributed by atoms with E-state index >= 15 is 0 Å². The number of halogens is 3. The number of ether oxygens (including phenoxy) is 3. The van der Waals surface area contributed by atoms with E-state index in [0.717, 1.165) is 103 Å². The molecule has 0 radical (unpaired) electrons. The van der Waals surface area contributed by atoms with E-state index in [9.17, 15) is 46.8 Å². The van der Waals surface area contributed by atoms with E-state index in [4.69, 9.17) is 24.9 Å². The van der Waals surface area contributed by atoms with Crippen LogP contribution in [0.4, 0.5) is 36.2 Å². The molecule has 34 heteroatoms. The molecule has 27 nitrogen and oxygen atoms in total. The maximum Gasteiger partial charge on any atom is 0.523 e. The highest BCUT2D eigenvalue weighted by Crippen LogP contribution is 2.35. The number of nitrogens with two attached hydrogens (primary N) is 1. The monoisotopic (exact) mass is 1380 g/mol. The van der Waals surface area contributed by atoms with E-state index in [0.29, 0.717) is 71.4 Å². The second-order valence-electron chi connectivity index (χ2n) is 21.4. The molecule has 9 aromatic rings. The molecule has 0 bridgehead atoms. The van der Waals surface area contributed by atoms with Gasteiger partial charge in [0.25, 0.3) is 6.33 Å². The molecular weight excluding hydrogens is 1310 g/mol. The predicted molar refractivity (Wildman–Crippen MR) is 347 cm³/mol. The van der Waals surface area contributed by atoms with E-state index in [-0.39, 0.29) is 6.04 Å². The number of imidazole rings is 3. The molecule has 5 aliphatic rings. The highest BCUT2D eigenvalue weighted by Gasteiger charge is 2.46. The van der Waals surface area contributed by atoms with Crippen molar-refractivity contribution in [2.45, 2.75) is 43.3 Å². The summed E-state index contributed by atoms with van der Waals surface area (Å²) >= 11 is 0. The molecule has 14 rings (SSSR count). The van der Waals surface area contributed by atoms with E-state index in [2.05, 4.69) is 94.4 Å². The Morgan fingerprint density at radius 2 is 1.11 bits per heavy atom. The lowest BCUT2D eigenvalue weighted by atomic mass is 10.1. The topological polar surface area (TPSA) is 324 Å². The molecule has 5 aromatic heterocycles. The van der Waals surface area contributed by atoms with Crippen LogP contribution in [-0.2, 0) is 79.0 Å². The fourth-order valence-corrected chi connectivity index (χ4v) is 13.9. The lowest BCUT2D eigenvalue weighted by Crippen LogP contribution is -2.43. The van der Waals surface area contributed by atoms with Crippen molar-refractivity contribution < 1.29 is 69.8 Å². The zero-order valence-corrected chi connectivity index (χ0v) is 54.5. The lowest BCUT2D eigenvalue weighted by molar-refractivity contribution is -0.670. The first-order valence-corrected chi connectivity index (χ1v) is 35.3. The number of rotatable bonds is 12. The summed E-state index contributed by atoms with van der Waals surface area (Å²) < 4.78 is 154. The van der Waals surface area contributed by atoms with Crippen molar-refractivity contribution in [2.75, 3.05) is 107 Å². The third-order valence-corrected chi connectivity index (χ3v) is 20.8. The maximum atomic E-state index is 12.6. The average Bonchev–Trinajstić information content (AvgIpc) is 1.36. The van der Waals surface area contributed by atoms with Crippen molar-refractivity contribution in [3.63, 3.8) is 0 Å². The second kappa shape index (κ2) is 31.8. The fraction of sp³-hybridized carbons (Fsp3) is 0.350. The van der Waals surface area contributed by atoms with Crippen LogP contribution in [-0.4, -0.2) is 166 Å². The third-order valence-electron chi connectivity index (χ3n) is 15.0. The molecule has 3 fully saturated rings. The molecule has 8 heterocycles. The summed E-state index contributed by atoms with van der Waals surface area (Å²) in [6, 6.07) is 37.0. The summed E-state index contributed by atoms with van der Waals surface area (Å²) in [6.45, 7) is 7.12. The van der Waals surface area contributed by atoms with Gasteiger partial charge in [-0.2, -0.15) is 59.4 Å². The van der Waals surface area contributed by atoms with Crippen molar-refractivity contribution in [2.24, 2.45) is 7.05 Å². The Hall–Kier alpha value is -8.16. The summed E-state index contributed by atoms with van der Waals surface area (Å²) in [6.07, 6.45) is 17.2. The van der Waals surface area contributed by atoms with Gasteiger partial charge < -0.3 is 35.9 Å². The van der Waals surface area contributed by atoms with Gasteiger partial charge in [-0.1, -0.05) is 48.5 Å². The number of nitrogens with one attached hydrogen (secondary N) is 4. The predicted octanol–water partition coefficient (Wildman–Crippen LogP) is 5.79. The Bertz CT molecular complexity index is 4390. The number of anilines is 4. The summed E-state index contributed by atoms with van der Waals surface area (Å²) in [7, 11) is -13.7. The van der Waals surface area contributed by atoms with Gasteiger partial charge >= 0.3 is 46.3 Å². The standard InChI is InChI=1S/C22H24N4O3S.C18H17N3.C7H9N4O2S.C7H11N3O3S.C4H9NO.C2H3F3O3S/c27-30(28,26-11-13-29-14-12-26)25-18-7-9-20-17(15-18)6-10-22(23-20)24-21-8-5-16-3-1-2-4-19(16)21;19-14-7-9-16-13(11-14)6-10-18(20-16)21-17-8-5-12-3-1-2-4-15(12)17;1-9-4-5-11(7-9)14(12,13)10-3-2-8-6-10;11-14(12,10-2-1-8-7-10)9-3-5-13-6-4-9;1-3-6-4-2-5-1;1-8-9(6,7)2(3,4)5/h1-4,6-7,9-10,15,21,25H,5,8,11-14H2,(H,23,24);1-4,6-7,9-11,17H,5,8,19H2,(H,20,21);2-7H,1H3;1-2,7H,3-6H2;5H,1-4H2;1H3/q;;+1;;;/t21-;17-;;;;/m11..../s1. The molecule has 6 N–H and O–H groups in total. The number of benzene rings is 4. The molecule has 3 saturated heterocycles. The van der Waals surface area contributed by atoms with Gasteiger partial charge in [0.15, 0.2) is 0 Å². The Morgan fingerprint density at radius 3 is 1.56 bits per heavy atom. The van der Waals surface area contributed by atoms with E-state index in [1.807, 2.05) is 48.5 Å². The number of nitrogens with zero attached hydrogens (tertiary/aromatic N) is 10.